The molecule has 0 atom stereocenters. The van der Waals surface area contributed by atoms with E-state index in [2.05, 4.69) is 33.1 Å². The van der Waals surface area contributed by atoms with E-state index in [-0.39, 0.29) is 11.7 Å². The first-order valence-corrected chi connectivity index (χ1v) is 6.83. The molecule has 0 aliphatic heterocycles. The fourth-order valence-electron chi connectivity index (χ4n) is 1.62. The van der Waals surface area contributed by atoms with Gasteiger partial charge in [-0.1, -0.05) is 17.3 Å². The first-order valence-electron chi connectivity index (χ1n) is 5.75. The number of nitrogens with zero attached hydrogens (tertiary/aromatic N) is 1. The van der Waals surface area contributed by atoms with Crippen molar-refractivity contribution in [2.75, 3.05) is 5.32 Å². The van der Waals surface area contributed by atoms with Gasteiger partial charge in [0.1, 0.15) is 0 Å². The number of carbonyl (C=O) groups is 1. The quantitative estimate of drug-likeness (QED) is 0.251. The van der Waals surface area contributed by atoms with Crippen molar-refractivity contribution in [1.82, 2.24) is 0 Å². The lowest BCUT2D eigenvalue weighted by molar-refractivity contribution is 0.102. The molecule has 4 N–H and O–H groups in total. The fraction of sp³-hybridized carbons (Fsp3) is 0. The third-order valence-electron chi connectivity index (χ3n) is 2.63. The smallest absolute Gasteiger partial charge is 0.255 e. The number of nitrogens with one attached hydrogen (secondary N) is 1. The van der Waals surface area contributed by atoms with E-state index in [1.165, 1.54) is 0 Å². The van der Waals surface area contributed by atoms with Crippen LogP contribution in [0.3, 0.4) is 0 Å². The van der Waals surface area contributed by atoms with Crippen molar-refractivity contribution in [2.45, 2.75) is 0 Å². The molecule has 0 saturated heterocycles. The van der Waals surface area contributed by atoms with E-state index in [0.717, 1.165) is 3.57 Å². The van der Waals surface area contributed by atoms with E-state index in [9.17, 15) is 4.79 Å². The Morgan fingerprint density at radius 3 is 2.50 bits per heavy atom. The average molecular weight is 381 g/mol. The summed E-state index contributed by atoms with van der Waals surface area (Å²) in [5, 5.41) is 14.3. The number of nitrogens with two attached hydrogens (primary N) is 1. The standard InChI is InChI=1S/C14H12IN3O2/c15-11-6-4-9(5-7-11)14(19)17-12-3-1-2-10(8-12)13(16)18-20/h1-8,20H,(H2,16,18)(H,17,19). The monoisotopic (exact) mass is 381 g/mol. The van der Waals surface area contributed by atoms with Gasteiger partial charge in [0.25, 0.3) is 5.91 Å². The molecule has 0 fully saturated rings. The molecule has 0 radical (unpaired) electrons. The van der Waals surface area contributed by atoms with Gasteiger partial charge in [0, 0.05) is 20.4 Å². The molecule has 20 heavy (non-hydrogen) atoms. The molecule has 0 aromatic heterocycles. The summed E-state index contributed by atoms with van der Waals surface area (Å²) in [5.74, 6) is -0.214. The van der Waals surface area contributed by atoms with Crippen LogP contribution in [-0.4, -0.2) is 17.0 Å². The van der Waals surface area contributed by atoms with Crippen LogP contribution in [0.5, 0.6) is 0 Å². The SMILES string of the molecule is N/C(=N/O)c1cccc(NC(=O)c2ccc(I)cc2)c1. The molecule has 0 saturated carbocycles. The molecule has 2 rings (SSSR count). The normalized spacial score (nSPS) is 11.2. The lowest BCUT2D eigenvalue weighted by Gasteiger charge is -2.07. The van der Waals surface area contributed by atoms with Gasteiger partial charge in [0.2, 0.25) is 0 Å². The summed E-state index contributed by atoms with van der Waals surface area (Å²) in [5.41, 5.74) is 7.19. The highest BCUT2D eigenvalue weighted by Gasteiger charge is 2.07. The molecule has 0 aliphatic rings. The third kappa shape index (κ3) is 3.47. The van der Waals surface area contributed by atoms with Gasteiger partial charge < -0.3 is 16.3 Å². The summed E-state index contributed by atoms with van der Waals surface area (Å²) in [4.78, 5) is 12.1. The predicted molar refractivity (Wildman–Crippen MR) is 86.1 cm³/mol. The van der Waals surface area contributed by atoms with Crippen LogP contribution in [-0.2, 0) is 0 Å². The van der Waals surface area contributed by atoms with Crippen LogP contribution < -0.4 is 11.1 Å². The van der Waals surface area contributed by atoms with Gasteiger partial charge in [0.15, 0.2) is 5.84 Å². The Morgan fingerprint density at radius 2 is 1.85 bits per heavy atom. The van der Waals surface area contributed by atoms with E-state index < -0.39 is 0 Å². The zero-order chi connectivity index (χ0) is 14.5. The summed E-state index contributed by atoms with van der Waals surface area (Å²) in [6.45, 7) is 0. The maximum atomic E-state index is 12.1. The van der Waals surface area contributed by atoms with Crippen molar-refractivity contribution < 1.29 is 10.0 Å². The summed E-state index contributed by atoms with van der Waals surface area (Å²) in [7, 11) is 0. The lowest BCUT2D eigenvalue weighted by Crippen LogP contribution is -2.15. The van der Waals surface area contributed by atoms with Crippen molar-refractivity contribution in [3.63, 3.8) is 0 Å². The minimum atomic E-state index is -0.210. The number of amidine groups is 1. The van der Waals surface area contributed by atoms with E-state index in [1.54, 1.807) is 36.4 Å². The number of hydrogen-bond donors (Lipinski definition) is 3. The Hall–Kier alpha value is -2.09. The van der Waals surface area contributed by atoms with Crippen LogP contribution in [0.4, 0.5) is 5.69 Å². The van der Waals surface area contributed by atoms with E-state index in [1.807, 2.05) is 12.1 Å². The van der Waals surface area contributed by atoms with Crippen molar-refractivity contribution in [3.05, 3.63) is 63.2 Å². The fourth-order valence-corrected chi connectivity index (χ4v) is 1.98. The van der Waals surface area contributed by atoms with Crippen molar-refractivity contribution in [1.29, 1.82) is 0 Å². The second-order valence-corrected chi connectivity index (χ2v) is 5.27. The first kappa shape index (κ1) is 14.3. The van der Waals surface area contributed by atoms with Gasteiger partial charge in [-0.2, -0.15) is 0 Å². The van der Waals surface area contributed by atoms with E-state index >= 15 is 0 Å². The van der Waals surface area contributed by atoms with Crippen LogP contribution in [0.15, 0.2) is 53.7 Å². The highest BCUT2D eigenvalue weighted by Crippen LogP contribution is 2.13. The average Bonchev–Trinajstić information content (AvgIpc) is 2.47. The molecule has 2 aromatic rings. The zero-order valence-electron chi connectivity index (χ0n) is 10.4. The van der Waals surface area contributed by atoms with Gasteiger partial charge >= 0.3 is 0 Å². The van der Waals surface area contributed by atoms with Crippen LogP contribution in [0, 0.1) is 3.57 Å². The van der Waals surface area contributed by atoms with Gasteiger partial charge in [-0.15, -0.1) is 0 Å². The summed E-state index contributed by atoms with van der Waals surface area (Å²) in [6, 6.07) is 14.0. The van der Waals surface area contributed by atoms with Crippen molar-refractivity contribution in [3.8, 4) is 0 Å². The Labute approximate surface area is 129 Å². The molecule has 5 nitrogen and oxygen atoms in total. The molecule has 0 bridgehead atoms. The third-order valence-corrected chi connectivity index (χ3v) is 3.35. The molecule has 1 amide bonds. The first-order chi connectivity index (χ1) is 9.60. The largest absolute Gasteiger partial charge is 0.409 e. The topological polar surface area (TPSA) is 87.7 Å². The van der Waals surface area contributed by atoms with Gasteiger partial charge in [-0.3, -0.25) is 4.79 Å². The number of halogens is 1. The predicted octanol–water partition coefficient (Wildman–Crippen LogP) is 2.64. The Morgan fingerprint density at radius 1 is 1.15 bits per heavy atom. The minimum absolute atomic E-state index is 0.00429. The molecule has 2 aromatic carbocycles. The van der Waals surface area contributed by atoms with Crippen LogP contribution in [0.2, 0.25) is 0 Å². The minimum Gasteiger partial charge on any atom is -0.409 e. The molecule has 0 aliphatic carbocycles. The second kappa shape index (κ2) is 6.38. The number of rotatable bonds is 3. The number of hydrogen-bond acceptors (Lipinski definition) is 3. The van der Waals surface area contributed by atoms with Crippen molar-refractivity contribution in [2.24, 2.45) is 10.9 Å². The summed E-state index contributed by atoms with van der Waals surface area (Å²) in [6.07, 6.45) is 0. The summed E-state index contributed by atoms with van der Waals surface area (Å²) < 4.78 is 1.06. The highest BCUT2D eigenvalue weighted by atomic mass is 127. The van der Waals surface area contributed by atoms with Crippen LogP contribution in [0.1, 0.15) is 15.9 Å². The Balaban J connectivity index is 2.17. The number of amides is 1. The van der Waals surface area contributed by atoms with E-state index in [0.29, 0.717) is 16.8 Å². The molecule has 0 spiro atoms. The second-order valence-electron chi connectivity index (χ2n) is 4.03. The molecular formula is C14H12IN3O2. The van der Waals surface area contributed by atoms with Gasteiger partial charge in [0.05, 0.1) is 0 Å². The van der Waals surface area contributed by atoms with Gasteiger partial charge in [-0.25, -0.2) is 0 Å². The molecule has 102 valence electrons. The molecular weight excluding hydrogens is 369 g/mol. The Bertz CT molecular complexity index is 654. The summed E-state index contributed by atoms with van der Waals surface area (Å²) >= 11 is 2.18. The van der Waals surface area contributed by atoms with Crippen LogP contribution in [0.25, 0.3) is 0 Å². The van der Waals surface area contributed by atoms with Crippen LogP contribution >= 0.6 is 22.6 Å². The van der Waals surface area contributed by atoms with E-state index in [4.69, 9.17) is 10.9 Å². The van der Waals surface area contributed by atoms with Gasteiger partial charge in [-0.05, 0) is 59.0 Å². The Kier molecular flexibility index (Phi) is 4.57. The maximum Gasteiger partial charge on any atom is 0.255 e. The molecule has 0 heterocycles. The highest BCUT2D eigenvalue weighted by molar-refractivity contribution is 14.1. The molecule has 0 unspecified atom stereocenters. The number of oxime groups is 1. The van der Waals surface area contributed by atoms with Crippen molar-refractivity contribution >= 4 is 40.0 Å². The maximum absolute atomic E-state index is 12.1. The number of anilines is 1. The lowest BCUT2D eigenvalue weighted by atomic mass is 10.1. The zero-order valence-corrected chi connectivity index (χ0v) is 12.5. The number of benzene rings is 2. The number of carbonyl (C=O) groups excluding carboxylic acids is 1. The molecule has 6 heteroatoms.